The van der Waals surface area contributed by atoms with E-state index >= 15 is 0 Å². The minimum Gasteiger partial charge on any atom is -0.476 e. The molecule has 0 spiro atoms. The van der Waals surface area contributed by atoms with E-state index in [-0.39, 0.29) is 18.4 Å². The number of amides is 1. The Morgan fingerprint density at radius 3 is 2.82 bits per heavy atom. The van der Waals surface area contributed by atoms with E-state index in [4.69, 9.17) is 20.3 Å². The smallest absolute Gasteiger partial charge is 0.267 e. The maximum atomic E-state index is 11.3. The summed E-state index contributed by atoms with van der Waals surface area (Å²) in [6.45, 7) is 2.23. The van der Waals surface area contributed by atoms with Crippen LogP contribution >= 0.6 is 0 Å². The van der Waals surface area contributed by atoms with E-state index in [9.17, 15) is 4.79 Å². The second kappa shape index (κ2) is 6.10. The SMILES string of the molecule is COC1CN(c2ccc(C(N)=O)nc2OC[C@@H]2C[C@@H]2CO)C1. The van der Waals surface area contributed by atoms with E-state index in [0.717, 1.165) is 25.2 Å². The van der Waals surface area contributed by atoms with Crippen molar-refractivity contribution in [3.05, 3.63) is 17.8 Å². The summed E-state index contributed by atoms with van der Waals surface area (Å²) in [5.41, 5.74) is 6.33. The van der Waals surface area contributed by atoms with E-state index in [2.05, 4.69) is 9.88 Å². The molecule has 3 rings (SSSR count). The number of anilines is 1. The fourth-order valence-corrected chi connectivity index (χ4v) is 2.63. The minimum atomic E-state index is -0.575. The predicted octanol–water partition coefficient (Wildman–Crippen LogP) is 0.0227. The number of aromatic nitrogens is 1. The first-order chi connectivity index (χ1) is 10.6. The fraction of sp³-hybridized carbons (Fsp3) is 0.600. The second-order valence-electron chi connectivity index (χ2n) is 5.90. The number of carbonyl (C=O) groups excluding carboxylic acids is 1. The van der Waals surface area contributed by atoms with Gasteiger partial charge in [0.05, 0.1) is 12.7 Å². The summed E-state index contributed by atoms with van der Waals surface area (Å²) in [6.07, 6.45) is 1.18. The van der Waals surface area contributed by atoms with Gasteiger partial charge in [-0.15, -0.1) is 0 Å². The Kier molecular flexibility index (Phi) is 4.17. The van der Waals surface area contributed by atoms with Crippen molar-refractivity contribution in [3.63, 3.8) is 0 Å². The minimum absolute atomic E-state index is 0.192. The molecule has 1 amide bonds. The molecule has 0 bridgehead atoms. The summed E-state index contributed by atoms with van der Waals surface area (Å²) in [5.74, 6) is 0.536. The van der Waals surface area contributed by atoms with E-state index in [1.165, 1.54) is 0 Å². The summed E-state index contributed by atoms with van der Waals surface area (Å²) in [5, 5.41) is 9.08. The molecule has 2 fully saturated rings. The van der Waals surface area contributed by atoms with E-state index in [1.54, 1.807) is 13.2 Å². The van der Waals surface area contributed by atoms with Crippen LogP contribution in [0.2, 0.25) is 0 Å². The quantitative estimate of drug-likeness (QED) is 0.737. The average Bonchev–Trinajstić information content (AvgIpc) is 3.23. The van der Waals surface area contributed by atoms with E-state index < -0.39 is 5.91 Å². The molecule has 2 aliphatic rings. The number of ether oxygens (including phenoxy) is 2. The number of methoxy groups -OCH3 is 1. The number of aliphatic hydroxyl groups is 1. The highest BCUT2D eigenvalue weighted by atomic mass is 16.5. The molecule has 2 heterocycles. The molecule has 0 radical (unpaired) electrons. The molecule has 1 aliphatic carbocycles. The van der Waals surface area contributed by atoms with Crippen LogP contribution in [0.15, 0.2) is 12.1 Å². The van der Waals surface area contributed by atoms with Crippen LogP contribution in [0.25, 0.3) is 0 Å². The van der Waals surface area contributed by atoms with Gasteiger partial charge < -0.3 is 25.2 Å². The highest BCUT2D eigenvalue weighted by molar-refractivity contribution is 5.91. The third-order valence-corrected chi connectivity index (χ3v) is 4.35. The number of carbonyl (C=O) groups is 1. The molecular formula is C15H21N3O4. The van der Waals surface area contributed by atoms with Gasteiger partial charge in [0.25, 0.3) is 5.91 Å². The molecule has 7 heteroatoms. The predicted molar refractivity (Wildman–Crippen MR) is 79.9 cm³/mol. The number of hydrogen-bond donors (Lipinski definition) is 2. The zero-order chi connectivity index (χ0) is 15.7. The molecule has 2 atom stereocenters. The third-order valence-electron chi connectivity index (χ3n) is 4.35. The summed E-state index contributed by atoms with van der Waals surface area (Å²) in [6, 6.07) is 3.42. The lowest BCUT2D eigenvalue weighted by molar-refractivity contribution is 0.0782. The summed E-state index contributed by atoms with van der Waals surface area (Å²) >= 11 is 0. The van der Waals surface area contributed by atoms with Crippen molar-refractivity contribution in [2.75, 3.05) is 38.3 Å². The molecule has 120 valence electrons. The van der Waals surface area contributed by atoms with Gasteiger partial charge in [-0.1, -0.05) is 0 Å². The van der Waals surface area contributed by atoms with Crippen LogP contribution in [0.1, 0.15) is 16.9 Å². The molecule has 1 aromatic heterocycles. The van der Waals surface area contributed by atoms with Crippen molar-refractivity contribution >= 4 is 11.6 Å². The number of aliphatic hydroxyl groups excluding tert-OH is 1. The first kappa shape index (κ1) is 15.1. The van der Waals surface area contributed by atoms with Gasteiger partial charge in [0.2, 0.25) is 5.88 Å². The summed E-state index contributed by atoms with van der Waals surface area (Å²) < 4.78 is 11.1. The van der Waals surface area contributed by atoms with Crippen molar-refractivity contribution < 1.29 is 19.4 Å². The molecule has 22 heavy (non-hydrogen) atoms. The lowest BCUT2D eigenvalue weighted by Gasteiger charge is -2.40. The van der Waals surface area contributed by atoms with E-state index in [1.807, 2.05) is 6.07 Å². The molecule has 0 aromatic carbocycles. The summed E-state index contributed by atoms with van der Waals surface area (Å²) in [7, 11) is 1.69. The number of pyridine rings is 1. The van der Waals surface area contributed by atoms with Gasteiger partial charge in [-0.2, -0.15) is 0 Å². The van der Waals surface area contributed by atoms with Crippen LogP contribution in [-0.4, -0.2) is 55.5 Å². The number of hydrogen-bond acceptors (Lipinski definition) is 6. The number of rotatable bonds is 7. The number of primary amides is 1. The van der Waals surface area contributed by atoms with Crippen LogP contribution < -0.4 is 15.4 Å². The standard InChI is InChI=1S/C15H21N3O4/c1-21-11-5-18(6-11)13-3-2-12(14(16)20)17-15(13)22-8-10-4-9(10)7-19/h2-3,9-11,19H,4-8H2,1H3,(H2,16,20)/t9-,10+/m1/s1. The van der Waals surface area contributed by atoms with Crippen molar-refractivity contribution in [1.29, 1.82) is 0 Å². The third kappa shape index (κ3) is 3.00. The maximum Gasteiger partial charge on any atom is 0.267 e. The maximum absolute atomic E-state index is 11.3. The lowest BCUT2D eigenvalue weighted by atomic mass is 10.1. The van der Waals surface area contributed by atoms with Gasteiger partial charge in [0.15, 0.2) is 0 Å². The largest absolute Gasteiger partial charge is 0.476 e. The van der Waals surface area contributed by atoms with Gasteiger partial charge >= 0.3 is 0 Å². The molecular weight excluding hydrogens is 286 g/mol. The van der Waals surface area contributed by atoms with E-state index in [0.29, 0.717) is 24.3 Å². The Morgan fingerprint density at radius 2 is 2.23 bits per heavy atom. The van der Waals surface area contributed by atoms with Crippen molar-refractivity contribution in [3.8, 4) is 5.88 Å². The van der Waals surface area contributed by atoms with Crippen molar-refractivity contribution in [2.45, 2.75) is 12.5 Å². The Labute approximate surface area is 129 Å². The van der Waals surface area contributed by atoms with Gasteiger partial charge in [-0.3, -0.25) is 4.79 Å². The molecule has 3 N–H and O–H groups in total. The van der Waals surface area contributed by atoms with Crippen LogP contribution in [0.3, 0.4) is 0 Å². The molecule has 1 aliphatic heterocycles. The summed E-state index contributed by atoms with van der Waals surface area (Å²) in [4.78, 5) is 17.6. The first-order valence-corrected chi connectivity index (χ1v) is 7.44. The number of nitrogens with zero attached hydrogens (tertiary/aromatic N) is 2. The van der Waals surface area contributed by atoms with Crippen LogP contribution in [0.4, 0.5) is 5.69 Å². The Hall–Kier alpha value is -1.86. The zero-order valence-corrected chi connectivity index (χ0v) is 12.6. The van der Waals surface area contributed by atoms with Crippen LogP contribution in [0.5, 0.6) is 5.88 Å². The zero-order valence-electron chi connectivity index (χ0n) is 12.6. The highest BCUT2D eigenvalue weighted by Gasteiger charge is 2.37. The van der Waals surface area contributed by atoms with Crippen LogP contribution in [-0.2, 0) is 4.74 Å². The molecule has 1 saturated heterocycles. The Morgan fingerprint density at radius 1 is 1.45 bits per heavy atom. The van der Waals surface area contributed by atoms with Crippen molar-refractivity contribution in [2.24, 2.45) is 17.6 Å². The average molecular weight is 307 g/mol. The van der Waals surface area contributed by atoms with Gasteiger partial charge in [-0.05, 0) is 30.4 Å². The van der Waals surface area contributed by atoms with Crippen LogP contribution in [0, 0.1) is 11.8 Å². The normalized spacial score (nSPS) is 24.0. The van der Waals surface area contributed by atoms with Gasteiger partial charge in [-0.25, -0.2) is 4.98 Å². The molecule has 7 nitrogen and oxygen atoms in total. The molecule has 0 unspecified atom stereocenters. The second-order valence-corrected chi connectivity index (χ2v) is 5.90. The highest BCUT2D eigenvalue weighted by Crippen LogP contribution is 2.39. The topological polar surface area (TPSA) is 97.9 Å². The number of nitrogens with two attached hydrogens (primary N) is 1. The van der Waals surface area contributed by atoms with Gasteiger partial charge in [0, 0.05) is 26.8 Å². The lowest BCUT2D eigenvalue weighted by Crippen LogP contribution is -2.52. The Balaban J connectivity index is 1.72. The monoisotopic (exact) mass is 307 g/mol. The first-order valence-electron chi connectivity index (χ1n) is 7.44. The van der Waals surface area contributed by atoms with Crippen molar-refractivity contribution in [1.82, 2.24) is 4.98 Å². The fourth-order valence-electron chi connectivity index (χ4n) is 2.63. The molecule has 1 saturated carbocycles. The Bertz CT molecular complexity index is 560. The van der Waals surface area contributed by atoms with Gasteiger partial charge in [0.1, 0.15) is 11.4 Å². The molecule has 1 aromatic rings.